The van der Waals surface area contributed by atoms with E-state index in [1.54, 1.807) is 0 Å². The van der Waals surface area contributed by atoms with Crippen molar-refractivity contribution in [2.24, 2.45) is 0 Å². The van der Waals surface area contributed by atoms with Crippen molar-refractivity contribution in [3.63, 3.8) is 0 Å². The molecule has 1 aliphatic rings. The van der Waals surface area contributed by atoms with Gasteiger partial charge in [-0.2, -0.15) is 0 Å². The standard InChI is InChI=1S/C11H18N2O2/c1-9-6-10(13-15-9)7-12-8-11-4-2-3-5-14-11/h6,11-12H,2-5,7-8H2,1H3. The quantitative estimate of drug-likeness (QED) is 0.820. The van der Waals surface area contributed by atoms with E-state index in [2.05, 4.69) is 10.5 Å². The fourth-order valence-electron chi connectivity index (χ4n) is 1.83. The van der Waals surface area contributed by atoms with Crippen molar-refractivity contribution in [2.75, 3.05) is 13.2 Å². The summed E-state index contributed by atoms with van der Waals surface area (Å²) in [6.45, 7) is 4.49. The molecule has 84 valence electrons. The molecular formula is C11H18N2O2. The number of hydrogen-bond donors (Lipinski definition) is 1. The monoisotopic (exact) mass is 210 g/mol. The maximum atomic E-state index is 5.61. The molecule has 2 rings (SSSR count). The summed E-state index contributed by atoms with van der Waals surface area (Å²) in [6.07, 6.45) is 4.05. The lowest BCUT2D eigenvalue weighted by atomic mass is 10.1. The zero-order valence-electron chi connectivity index (χ0n) is 9.16. The summed E-state index contributed by atoms with van der Waals surface area (Å²) >= 11 is 0. The molecule has 0 amide bonds. The molecule has 0 bridgehead atoms. The SMILES string of the molecule is Cc1cc(CNCC2CCCCO2)no1. The van der Waals surface area contributed by atoms with E-state index in [1.165, 1.54) is 19.3 Å². The van der Waals surface area contributed by atoms with Crippen LogP contribution in [0, 0.1) is 6.92 Å². The van der Waals surface area contributed by atoms with Gasteiger partial charge in [-0.3, -0.25) is 0 Å². The van der Waals surface area contributed by atoms with Crippen molar-refractivity contribution in [3.05, 3.63) is 17.5 Å². The Morgan fingerprint density at radius 2 is 2.47 bits per heavy atom. The first-order valence-electron chi connectivity index (χ1n) is 5.59. The fourth-order valence-corrected chi connectivity index (χ4v) is 1.83. The van der Waals surface area contributed by atoms with Crippen molar-refractivity contribution in [2.45, 2.75) is 38.8 Å². The summed E-state index contributed by atoms with van der Waals surface area (Å²) in [5.74, 6) is 0.862. The van der Waals surface area contributed by atoms with Crippen LogP contribution in [0.4, 0.5) is 0 Å². The van der Waals surface area contributed by atoms with Crippen LogP contribution in [-0.2, 0) is 11.3 Å². The minimum Gasteiger partial charge on any atom is -0.377 e. The Bertz CT molecular complexity index is 293. The molecule has 0 spiro atoms. The molecule has 2 heterocycles. The topological polar surface area (TPSA) is 47.3 Å². The van der Waals surface area contributed by atoms with E-state index in [9.17, 15) is 0 Å². The van der Waals surface area contributed by atoms with Crippen molar-refractivity contribution in [1.82, 2.24) is 10.5 Å². The number of ether oxygens (including phenoxy) is 1. The highest BCUT2D eigenvalue weighted by Crippen LogP contribution is 2.11. The van der Waals surface area contributed by atoms with Crippen LogP contribution in [-0.4, -0.2) is 24.4 Å². The van der Waals surface area contributed by atoms with Crippen molar-refractivity contribution < 1.29 is 9.26 Å². The minimum absolute atomic E-state index is 0.381. The summed E-state index contributed by atoms with van der Waals surface area (Å²) in [5.41, 5.74) is 0.961. The number of aryl methyl sites for hydroxylation is 1. The second-order valence-electron chi connectivity index (χ2n) is 4.05. The van der Waals surface area contributed by atoms with E-state index in [-0.39, 0.29) is 0 Å². The summed E-state index contributed by atoms with van der Waals surface area (Å²) in [5, 5.41) is 7.26. The van der Waals surface area contributed by atoms with Gasteiger partial charge in [0.25, 0.3) is 0 Å². The number of nitrogens with zero attached hydrogens (tertiary/aromatic N) is 1. The van der Waals surface area contributed by atoms with Gasteiger partial charge < -0.3 is 14.6 Å². The van der Waals surface area contributed by atoms with Gasteiger partial charge in [-0.1, -0.05) is 5.16 Å². The lowest BCUT2D eigenvalue weighted by molar-refractivity contribution is 0.0167. The van der Waals surface area contributed by atoms with Gasteiger partial charge in [0.05, 0.1) is 11.8 Å². The second kappa shape index (κ2) is 5.28. The first-order chi connectivity index (χ1) is 7.34. The molecule has 0 aromatic carbocycles. The number of aromatic nitrogens is 1. The Morgan fingerprint density at radius 3 is 3.13 bits per heavy atom. The van der Waals surface area contributed by atoms with Gasteiger partial charge in [0.1, 0.15) is 5.76 Å². The molecule has 15 heavy (non-hydrogen) atoms. The minimum atomic E-state index is 0.381. The predicted molar refractivity (Wildman–Crippen MR) is 56.5 cm³/mol. The Hall–Kier alpha value is -0.870. The first-order valence-corrected chi connectivity index (χ1v) is 5.59. The van der Waals surface area contributed by atoms with E-state index in [1.807, 2.05) is 13.0 Å². The molecule has 1 N–H and O–H groups in total. The zero-order valence-corrected chi connectivity index (χ0v) is 9.16. The Labute approximate surface area is 90.0 Å². The first kappa shape index (κ1) is 10.6. The maximum Gasteiger partial charge on any atom is 0.133 e. The van der Waals surface area contributed by atoms with Gasteiger partial charge >= 0.3 is 0 Å². The smallest absolute Gasteiger partial charge is 0.133 e. The van der Waals surface area contributed by atoms with Crippen LogP contribution >= 0.6 is 0 Å². The number of nitrogens with one attached hydrogen (secondary N) is 1. The molecule has 1 atom stereocenters. The maximum absolute atomic E-state index is 5.61. The van der Waals surface area contributed by atoms with Gasteiger partial charge in [-0.15, -0.1) is 0 Å². The number of rotatable bonds is 4. The van der Waals surface area contributed by atoms with Crippen LogP contribution in [0.15, 0.2) is 10.6 Å². The van der Waals surface area contributed by atoms with Crippen molar-refractivity contribution >= 4 is 0 Å². The molecule has 1 aromatic rings. The average molecular weight is 210 g/mol. The normalized spacial score (nSPS) is 21.8. The van der Waals surface area contributed by atoms with Crippen molar-refractivity contribution in [1.29, 1.82) is 0 Å². The summed E-state index contributed by atoms with van der Waals surface area (Å²) in [7, 11) is 0. The van der Waals surface area contributed by atoms with Gasteiger partial charge in [-0.05, 0) is 26.2 Å². The van der Waals surface area contributed by atoms with Crippen LogP contribution < -0.4 is 5.32 Å². The highest BCUT2D eigenvalue weighted by Gasteiger charge is 2.13. The molecule has 0 radical (unpaired) electrons. The van der Waals surface area contributed by atoms with Crippen molar-refractivity contribution in [3.8, 4) is 0 Å². The summed E-state index contributed by atoms with van der Waals surface area (Å²) in [4.78, 5) is 0. The van der Waals surface area contributed by atoms with Gasteiger partial charge in [0.2, 0.25) is 0 Å². The third-order valence-electron chi connectivity index (χ3n) is 2.63. The zero-order chi connectivity index (χ0) is 10.5. The molecule has 4 heteroatoms. The third-order valence-corrected chi connectivity index (χ3v) is 2.63. The van der Waals surface area contributed by atoms with E-state index in [0.29, 0.717) is 6.10 Å². The van der Waals surface area contributed by atoms with Crippen LogP contribution in [0.5, 0.6) is 0 Å². The molecule has 4 nitrogen and oxygen atoms in total. The molecule has 1 aliphatic heterocycles. The fraction of sp³-hybridized carbons (Fsp3) is 0.727. The lowest BCUT2D eigenvalue weighted by Crippen LogP contribution is -2.31. The molecule has 0 aliphatic carbocycles. The molecule has 1 fully saturated rings. The molecule has 0 saturated carbocycles. The van der Waals surface area contributed by atoms with Gasteiger partial charge in [-0.25, -0.2) is 0 Å². The van der Waals surface area contributed by atoms with E-state index in [0.717, 1.165) is 31.2 Å². The predicted octanol–water partition coefficient (Wildman–Crippen LogP) is 1.64. The summed E-state index contributed by atoms with van der Waals surface area (Å²) < 4.78 is 10.6. The molecular weight excluding hydrogens is 192 g/mol. The molecule has 1 aromatic heterocycles. The van der Waals surface area contributed by atoms with E-state index in [4.69, 9.17) is 9.26 Å². The highest BCUT2D eigenvalue weighted by molar-refractivity contribution is 5.02. The van der Waals surface area contributed by atoms with Crippen LogP contribution in [0.2, 0.25) is 0 Å². The van der Waals surface area contributed by atoms with Gasteiger partial charge in [0.15, 0.2) is 0 Å². The van der Waals surface area contributed by atoms with Crippen LogP contribution in [0.25, 0.3) is 0 Å². The van der Waals surface area contributed by atoms with Crippen LogP contribution in [0.3, 0.4) is 0 Å². The summed E-state index contributed by atoms with van der Waals surface area (Å²) in [6, 6.07) is 1.95. The number of hydrogen-bond acceptors (Lipinski definition) is 4. The Morgan fingerprint density at radius 1 is 1.53 bits per heavy atom. The lowest BCUT2D eigenvalue weighted by Gasteiger charge is -2.22. The Kier molecular flexibility index (Phi) is 3.75. The Balaban J connectivity index is 1.65. The molecule has 1 unspecified atom stereocenters. The molecule has 1 saturated heterocycles. The van der Waals surface area contributed by atoms with E-state index < -0.39 is 0 Å². The highest BCUT2D eigenvalue weighted by atomic mass is 16.5. The average Bonchev–Trinajstić information content (AvgIpc) is 2.66. The third kappa shape index (κ3) is 3.32. The van der Waals surface area contributed by atoms with Gasteiger partial charge in [0, 0.05) is 25.8 Å². The van der Waals surface area contributed by atoms with Crippen LogP contribution in [0.1, 0.15) is 30.7 Å². The largest absolute Gasteiger partial charge is 0.377 e. The van der Waals surface area contributed by atoms with E-state index >= 15 is 0 Å². The second-order valence-corrected chi connectivity index (χ2v) is 4.05.